The molecule has 1 rings (SSSR count). The van der Waals surface area contributed by atoms with E-state index in [1.807, 2.05) is 6.08 Å². The van der Waals surface area contributed by atoms with Crippen LogP contribution < -0.4 is 0 Å². The molecule has 0 fully saturated rings. The molecule has 0 bridgehead atoms. The van der Waals surface area contributed by atoms with Crippen molar-refractivity contribution in [3.63, 3.8) is 0 Å². The fourth-order valence-electron chi connectivity index (χ4n) is 1.05. The van der Waals surface area contributed by atoms with Crippen molar-refractivity contribution >= 4 is 6.08 Å². The van der Waals surface area contributed by atoms with Crippen molar-refractivity contribution < 1.29 is 0 Å². The summed E-state index contributed by atoms with van der Waals surface area (Å²) in [5.74, 6) is 0.606. The average molecular weight is 146 g/mol. The van der Waals surface area contributed by atoms with E-state index in [0.29, 0.717) is 5.92 Å². The van der Waals surface area contributed by atoms with Gasteiger partial charge >= 0.3 is 0 Å². The Labute approximate surface area is 68.6 Å². The molecule has 0 aliphatic heterocycles. The topological polar surface area (TPSA) is 0 Å². The molecule has 0 spiro atoms. The first kappa shape index (κ1) is 8.06. The van der Waals surface area contributed by atoms with Crippen molar-refractivity contribution in [2.24, 2.45) is 0 Å². The maximum absolute atomic E-state index is 3.73. The van der Waals surface area contributed by atoms with E-state index in [1.165, 1.54) is 11.1 Å². The third kappa shape index (κ3) is 1.94. The van der Waals surface area contributed by atoms with Gasteiger partial charge < -0.3 is 0 Å². The second kappa shape index (κ2) is 3.38. The first-order valence-corrected chi connectivity index (χ1v) is 3.96. The first-order chi connectivity index (χ1) is 5.24. The first-order valence-electron chi connectivity index (χ1n) is 3.96. The molecule has 0 aliphatic rings. The van der Waals surface area contributed by atoms with E-state index in [9.17, 15) is 0 Å². The van der Waals surface area contributed by atoms with Crippen LogP contribution in [-0.4, -0.2) is 0 Å². The van der Waals surface area contributed by atoms with Gasteiger partial charge in [-0.15, -0.1) is 0 Å². The lowest BCUT2D eigenvalue weighted by atomic mass is 10.0. The largest absolute Gasteiger partial charge is 0.0985 e. The summed E-state index contributed by atoms with van der Waals surface area (Å²) in [4.78, 5) is 0. The summed E-state index contributed by atoms with van der Waals surface area (Å²) in [6, 6.07) is 8.47. The zero-order valence-electron chi connectivity index (χ0n) is 7.17. The summed E-state index contributed by atoms with van der Waals surface area (Å²) in [5.41, 5.74) is 2.58. The Balaban J connectivity index is 3.00. The third-order valence-corrected chi connectivity index (χ3v) is 1.81. The van der Waals surface area contributed by atoms with E-state index in [-0.39, 0.29) is 0 Å². The predicted molar refractivity (Wildman–Crippen MR) is 50.6 cm³/mol. The minimum atomic E-state index is 0.606. The van der Waals surface area contributed by atoms with Gasteiger partial charge in [-0.2, -0.15) is 0 Å². The molecule has 0 saturated carbocycles. The molecule has 0 atom stereocenters. The SMILES string of the molecule is C=Cc1cccc(C(C)C)c1. The van der Waals surface area contributed by atoms with Gasteiger partial charge in [-0.05, 0) is 17.0 Å². The van der Waals surface area contributed by atoms with Gasteiger partial charge in [0.05, 0.1) is 0 Å². The molecule has 58 valence electrons. The lowest BCUT2D eigenvalue weighted by molar-refractivity contribution is 0.866. The third-order valence-electron chi connectivity index (χ3n) is 1.81. The molecule has 0 saturated heterocycles. The molecule has 0 heterocycles. The van der Waals surface area contributed by atoms with Gasteiger partial charge in [0.2, 0.25) is 0 Å². The number of hydrogen-bond acceptors (Lipinski definition) is 0. The van der Waals surface area contributed by atoms with Crippen LogP contribution in [0, 0.1) is 0 Å². The fourth-order valence-corrected chi connectivity index (χ4v) is 1.05. The summed E-state index contributed by atoms with van der Waals surface area (Å²) >= 11 is 0. The van der Waals surface area contributed by atoms with E-state index < -0.39 is 0 Å². The van der Waals surface area contributed by atoms with Gasteiger partial charge in [-0.1, -0.05) is 50.8 Å². The van der Waals surface area contributed by atoms with Crippen molar-refractivity contribution in [1.29, 1.82) is 0 Å². The van der Waals surface area contributed by atoms with Crippen LogP contribution in [0.25, 0.3) is 6.08 Å². The molecule has 1 aromatic carbocycles. The predicted octanol–water partition coefficient (Wildman–Crippen LogP) is 3.45. The quantitative estimate of drug-likeness (QED) is 0.599. The minimum absolute atomic E-state index is 0.606. The summed E-state index contributed by atoms with van der Waals surface area (Å²) in [6.45, 7) is 8.12. The number of rotatable bonds is 2. The highest BCUT2D eigenvalue weighted by atomic mass is 14.0. The standard InChI is InChI=1S/C11H14/c1-4-10-6-5-7-11(8-10)9(2)3/h4-9H,1H2,2-3H3. The molecule has 0 radical (unpaired) electrons. The molecule has 1 aromatic rings. The normalized spacial score (nSPS) is 10.1. The van der Waals surface area contributed by atoms with Crippen molar-refractivity contribution in [2.75, 3.05) is 0 Å². The zero-order valence-corrected chi connectivity index (χ0v) is 7.17. The molecule has 0 N–H and O–H groups in total. The highest BCUT2D eigenvalue weighted by molar-refractivity contribution is 5.48. The molecule has 0 heteroatoms. The van der Waals surface area contributed by atoms with E-state index >= 15 is 0 Å². The fraction of sp³-hybridized carbons (Fsp3) is 0.273. The molecule has 0 amide bonds. The summed E-state index contributed by atoms with van der Waals surface area (Å²) < 4.78 is 0. The zero-order chi connectivity index (χ0) is 8.27. The maximum atomic E-state index is 3.73. The van der Waals surface area contributed by atoms with Crippen LogP contribution in [-0.2, 0) is 0 Å². The van der Waals surface area contributed by atoms with Crippen LogP contribution in [0.1, 0.15) is 30.9 Å². The summed E-state index contributed by atoms with van der Waals surface area (Å²) in [5, 5.41) is 0. The Bertz CT molecular complexity index is 246. The smallest absolute Gasteiger partial charge is 0.0219 e. The van der Waals surface area contributed by atoms with Gasteiger partial charge in [0.15, 0.2) is 0 Å². The van der Waals surface area contributed by atoms with E-state index in [2.05, 4.69) is 44.7 Å². The minimum Gasteiger partial charge on any atom is -0.0985 e. The highest BCUT2D eigenvalue weighted by Crippen LogP contribution is 2.15. The van der Waals surface area contributed by atoms with E-state index in [1.54, 1.807) is 0 Å². The second-order valence-electron chi connectivity index (χ2n) is 3.03. The van der Waals surface area contributed by atoms with Crippen LogP contribution in [0.4, 0.5) is 0 Å². The molecule has 0 aliphatic carbocycles. The van der Waals surface area contributed by atoms with Crippen molar-refractivity contribution in [3.05, 3.63) is 42.0 Å². The summed E-state index contributed by atoms with van der Waals surface area (Å²) in [6.07, 6.45) is 1.88. The van der Waals surface area contributed by atoms with Crippen LogP contribution >= 0.6 is 0 Å². The van der Waals surface area contributed by atoms with Crippen molar-refractivity contribution in [3.8, 4) is 0 Å². The maximum Gasteiger partial charge on any atom is -0.0219 e. The molecular formula is C11H14. The average Bonchev–Trinajstić information content (AvgIpc) is 2.05. The van der Waals surface area contributed by atoms with Gasteiger partial charge in [0.1, 0.15) is 0 Å². The monoisotopic (exact) mass is 146 g/mol. The van der Waals surface area contributed by atoms with E-state index in [0.717, 1.165) is 0 Å². The number of benzene rings is 1. The molecule has 11 heavy (non-hydrogen) atoms. The van der Waals surface area contributed by atoms with Gasteiger partial charge in [0, 0.05) is 0 Å². The second-order valence-corrected chi connectivity index (χ2v) is 3.03. The molecule has 0 unspecified atom stereocenters. The Morgan fingerprint density at radius 2 is 2.09 bits per heavy atom. The van der Waals surface area contributed by atoms with Crippen LogP contribution in [0.2, 0.25) is 0 Å². The Morgan fingerprint density at radius 1 is 1.36 bits per heavy atom. The Kier molecular flexibility index (Phi) is 2.48. The van der Waals surface area contributed by atoms with Crippen LogP contribution in [0.5, 0.6) is 0 Å². The van der Waals surface area contributed by atoms with Gasteiger partial charge in [-0.3, -0.25) is 0 Å². The highest BCUT2D eigenvalue weighted by Gasteiger charge is 1.96. The summed E-state index contributed by atoms with van der Waals surface area (Å²) in [7, 11) is 0. The van der Waals surface area contributed by atoms with Crippen LogP contribution in [0.3, 0.4) is 0 Å². The van der Waals surface area contributed by atoms with Crippen LogP contribution in [0.15, 0.2) is 30.8 Å². The molecule has 0 nitrogen and oxygen atoms in total. The lowest BCUT2D eigenvalue weighted by Gasteiger charge is -2.04. The lowest BCUT2D eigenvalue weighted by Crippen LogP contribution is -1.86. The van der Waals surface area contributed by atoms with E-state index in [4.69, 9.17) is 0 Å². The van der Waals surface area contributed by atoms with Crippen molar-refractivity contribution in [2.45, 2.75) is 19.8 Å². The van der Waals surface area contributed by atoms with Crippen molar-refractivity contribution in [1.82, 2.24) is 0 Å². The molecular weight excluding hydrogens is 132 g/mol. The van der Waals surface area contributed by atoms with Gasteiger partial charge in [0.25, 0.3) is 0 Å². The number of hydrogen-bond donors (Lipinski definition) is 0. The Morgan fingerprint density at radius 3 is 2.64 bits per heavy atom. The molecule has 0 aromatic heterocycles. The Hall–Kier alpha value is -1.04. The van der Waals surface area contributed by atoms with Gasteiger partial charge in [-0.25, -0.2) is 0 Å².